The van der Waals surface area contributed by atoms with Crippen LogP contribution in [-0.2, 0) is 0 Å². The number of rotatable bonds is 2. The number of fused-ring (bicyclic) bond motifs is 1. The van der Waals surface area contributed by atoms with Gasteiger partial charge in [-0.25, -0.2) is 0 Å². The fourth-order valence-corrected chi connectivity index (χ4v) is 2.29. The lowest BCUT2D eigenvalue weighted by Gasteiger charge is -2.20. The lowest BCUT2D eigenvalue weighted by molar-refractivity contribution is 0.322. The average Bonchev–Trinajstić information content (AvgIpc) is 3.05. The van der Waals surface area contributed by atoms with Crippen molar-refractivity contribution >= 4 is 5.69 Å². The summed E-state index contributed by atoms with van der Waals surface area (Å²) in [6, 6.07) is 9.50. The first-order valence-electron chi connectivity index (χ1n) is 6.66. The topological polar surface area (TPSA) is 73.1 Å². The number of nitrogens with zero attached hydrogens (tertiary/aromatic N) is 3. The first-order chi connectivity index (χ1) is 10.4. The Morgan fingerprint density at radius 3 is 2.90 bits per heavy atom. The zero-order valence-electron chi connectivity index (χ0n) is 11.1. The normalized spacial score (nSPS) is 13.1. The lowest BCUT2D eigenvalue weighted by atomic mass is 10.1. The molecular formula is C15H12N4O2. The van der Waals surface area contributed by atoms with Crippen LogP contribution in [0.4, 0.5) is 5.69 Å². The summed E-state index contributed by atoms with van der Waals surface area (Å²) in [7, 11) is 0. The fourth-order valence-electron chi connectivity index (χ4n) is 2.29. The van der Waals surface area contributed by atoms with E-state index in [1.54, 1.807) is 12.4 Å². The predicted molar refractivity (Wildman–Crippen MR) is 76.9 cm³/mol. The molecule has 6 nitrogen and oxygen atoms in total. The lowest BCUT2D eigenvalue weighted by Crippen LogP contribution is -2.18. The van der Waals surface area contributed by atoms with Crippen molar-refractivity contribution in [3.05, 3.63) is 42.7 Å². The van der Waals surface area contributed by atoms with Gasteiger partial charge in [-0.1, -0.05) is 11.2 Å². The number of anilines is 1. The fraction of sp³-hybridized carbons (Fsp3) is 0.133. The molecule has 2 aromatic heterocycles. The second-order valence-electron chi connectivity index (χ2n) is 4.62. The Morgan fingerprint density at radius 1 is 1.10 bits per heavy atom. The number of hydrogen-bond acceptors (Lipinski definition) is 6. The van der Waals surface area contributed by atoms with E-state index >= 15 is 0 Å². The van der Waals surface area contributed by atoms with E-state index < -0.39 is 0 Å². The average molecular weight is 280 g/mol. The first kappa shape index (κ1) is 11.9. The van der Waals surface area contributed by atoms with Crippen LogP contribution in [0.2, 0.25) is 0 Å². The molecule has 0 amide bonds. The van der Waals surface area contributed by atoms with Gasteiger partial charge in [-0.3, -0.25) is 4.98 Å². The van der Waals surface area contributed by atoms with Gasteiger partial charge in [-0.15, -0.1) is 0 Å². The quantitative estimate of drug-likeness (QED) is 0.778. The van der Waals surface area contributed by atoms with Crippen molar-refractivity contribution < 1.29 is 9.26 Å². The van der Waals surface area contributed by atoms with Gasteiger partial charge in [0, 0.05) is 24.5 Å². The monoisotopic (exact) mass is 280 g/mol. The minimum absolute atomic E-state index is 0.447. The summed E-state index contributed by atoms with van der Waals surface area (Å²) in [5, 5.41) is 7.31. The second kappa shape index (κ2) is 4.90. The molecule has 0 spiro atoms. The van der Waals surface area contributed by atoms with E-state index in [2.05, 4.69) is 20.4 Å². The molecule has 6 heteroatoms. The van der Waals surface area contributed by atoms with Crippen molar-refractivity contribution in [1.29, 1.82) is 0 Å². The van der Waals surface area contributed by atoms with Crippen molar-refractivity contribution in [2.45, 2.75) is 0 Å². The van der Waals surface area contributed by atoms with E-state index in [4.69, 9.17) is 9.26 Å². The second-order valence-corrected chi connectivity index (χ2v) is 4.62. The molecule has 1 N–H and O–H groups in total. The van der Waals surface area contributed by atoms with Crippen LogP contribution in [-0.4, -0.2) is 28.3 Å². The van der Waals surface area contributed by atoms with Crippen molar-refractivity contribution in [3.63, 3.8) is 0 Å². The van der Waals surface area contributed by atoms with Crippen LogP contribution >= 0.6 is 0 Å². The highest BCUT2D eigenvalue weighted by atomic mass is 16.5. The molecule has 0 saturated carbocycles. The molecule has 21 heavy (non-hydrogen) atoms. The molecule has 1 aliphatic rings. The van der Waals surface area contributed by atoms with Crippen LogP contribution in [0.1, 0.15) is 0 Å². The van der Waals surface area contributed by atoms with E-state index in [0.717, 1.165) is 29.1 Å². The zero-order valence-corrected chi connectivity index (χ0v) is 11.1. The maximum absolute atomic E-state index is 5.72. The largest absolute Gasteiger partial charge is 0.489 e. The van der Waals surface area contributed by atoms with Gasteiger partial charge in [0.05, 0.1) is 11.3 Å². The maximum atomic E-state index is 5.72. The Balaban J connectivity index is 1.77. The van der Waals surface area contributed by atoms with Gasteiger partial charge < -0.3 is 14.6 Å². The molecule has 1 aliphatic heterocycles. The van der Waals surface area contributed by atoms with Gasteiger partial charge in [0.15, 0.2) is 5.75 Å². The van der Waals surface area contributed by atoms with Crippen molar-refractivity contribution in [2.75, 3.05) is 18.5 Å². The molecule has 3 aromatic rings. The van der Waals surface area contributed by atoms with Crippen LogP contribution in [0.25, 0.3) is 22.8 Å². The van der Waals surface area contributed by atoms with Crippen molar-refractivity contribution in [3.8, 4) is 28.6 Å². The smallest absolute Gasteiger partial charge is 0.262 e. The summed E-state index contributed by atoms with van der Waals surface area (Å²) in [5.41, 5.74) is 2.61. The SMILES string of the molecule is c1cc2c(c(-c3nc(-c4ccncc4)no3)c1)OCCN2. The first-order valence-corrected chi connectivity index (χ1v) is 6.66. The molecule has 0 aliphatic carbocycles. The van der Waals surface area contributed by atoms with E-state index in [1.165, 1.54) is 0 Å². The Morgan fingerprint density at radius 2 is 2.00 bits per heavy atom. The van der Waals surface area contributed by atoms with Crippen LogP contribution in [0.5, 0.6) is 5.75 Å². The Bertz CT molecular complexity index is 770. The predicted octanol–water partition coefficient (Wildman–Crippen LogP) is 2.60. The highest BCUT2D eigenvalue weighted by molar-refractivity contribution is 5.75. The molecule has 4 rings (SSSR count). The summed E-state index contributed by atoms with van der Waals surface area (Å²) in [4.78, 5) is 8.42. The molecule has 0 atom stereocenters. The number of para-hydroxylation sites is 1. The molecule has 3 heterocycles. The third-order valence-corrected chi connectivity index (χ3v) is 3.27. The molecule has 1 aromatic carbocycles. The van der Waals surface area contributed by atoms with Gasteiger partial charge >= 0.3 is 0 Å². The minimum atomic E-state index is 0.447. The summed E-state index contributed by atoms with van der Waals surface area (Å²) >= 11 is 0. The summed E-state index contributed by atoms with van der Waals surface area (Å²) in [5.74, 6) is 1.74. The van der Waals surface area contributed by atoms with Gasteiger partial charge in [-0.05, 0) is 24.3 Å². The molecule has 0 unspecified atom stereocenters. The highest BCUT2D eigenvalue weighted by Gasteiger charge is 2.19. The molecule has 0 bridgehead atoms. The number of aromatic nitrogens is 3. The number of pyridine rings is 1. The Labute approximate surface area is 120 Å². The zero-order chi connectivity index (χ0) is 14.1. The Kier molecular flexibility index (Phi) is 2.77. The maximum Gasteiger partial charge on any atom is 0.262 e. The Hall–Kier alpha value is -2.89. The molecule has 0 radical (unpaired) electrons. The van der Waals surface area contributed by atoms with E-state index in [9.17, 15) is 0 Å². The molecule has 0 fully saturated rings. The summed E-state index contributed by atoms with van der Waals surface area (Å²) in [6.07, 6.45) is 3.39. The van der Waals surface area contributed by atoms with E-state index in [-0.39, 0.29) is 0 Å². The molecule has 0 saturated heterocycles. The number of hydrogen-bond donors (Lipinski definition) is 1. The van der Waals surface area contributed by atoms with Gasteiger partial charge in [-0.2, -0.15) is 4.98 Å². The van der Waals surface area contributed by atoms with Crippen LogP contribution in [0.15, 0.2) is 47.2 Å². The summed E-state index contributed by atoms with van der Waals surface area (Å²) in [6.45, 7) is 1.41. The van der Waals surface area contributed by atoms with Crippen molar-refractivity contribution in [2.24, 2.45) is 0 Å². The van der Waals surface area contributed by atoms with Gasteiger partial charge in [0.25, 0.3) is 5.89 Å². The van der Waals surface area contributed by atoms with Crippen LogP contribution < -0.4 is 10.1 Å². The molecular weight excluding hydrogens is 268 g/mol. The summed E-state index contributed by atoms with van der Waals surface area (Å²) < 4.78 is 11.1. The van der Waals surface area contributed by atoms with Crippen molar-refractivity contribution in [1.82, 2.24) is 15.1 Å². The number of nitrogens with one attached hydrogen (secondary N) is 1. The van der Waals surface area contributed by atoms with Gasteiger partial charge in [0.2, 0.25) is 5.82 Å². The van der Waals surface area contributed by atoms with E-state index in [0.29, 0.717) is 18.3 Å². The minimum Gasteiger partial charge on any atom is -0.489 e. The van der Waals surface area contributed by atoms with Crippen LogP contribution in [0, 0.1) is 0 Å². The van der Waals surface area contributed by atoms with E-state index in [1.807, 2.05) is 30.3 Å². The van der Waals surface area contributed by atoms with Gasteiger partial charge in [0.1, 0.15) is 6.61 Å². The van der Waals surface area contributed by atoms with Crippen LogP contribution in [0.3, 0.4) is 0 Å². The number of benzene rings is 1. The third kappa shape index (κ3) is 2.10. The third-order valence-electron chi connectivity index (χ3n) is 3.27. The molecule has 104 valence electrons. The standard InChI is InChI=1S/C15H12N4O2/c1-2-11(13-12(3-1)17-8-9-20-13)15-18-14(19-21-15)10-4-6-16-7-5-10/h1-7,17H,8-9H2. The highest BCUT2D eigenvalue weighted by Crippen LogP contribution is 2.37. The number of ether oxygens (including phenoxy) is 1.